The van der Waals surface area contributed by atoms with E-state index >= 15 is 0 Å². The van der Waals surface area contributed by atoms with Crippen molar-refractivity contribution in [2.24, 2.45) is 5.41 Å². The second kappa shape index (κ2) is 5.75. The fourth-order valence-corrected chi connectivity index (χ4v) is 3.84. The van der Waals surface area contributed by atoms with E-state index in [1.54, 1.807) is 18.3 Å². The van der Waals surface area contributed by atoms with Crippen molar-refractivity contribution < 1.29 is 13.5 Å². The van der Waals surface area contributed by atoms with Gasteiger partial charge in [-0.3, -0.25) is 0 Å². The van der Waals surface area contributed by atoms with E-state index in [1.807, 2.05) is 20.8 Å². The second-order valence-corrected chi connectivity index (χ2v) is 7.79. The average Bonchev–Trinajstić information content (AvgIpc) is 2.81. The van der Waals surface area contributed by atoms with E-state index in [-0.39, 0.29) is 23.0 Å². The van der Waals surface area contributed by atoms with E-state index in [0.29, 0.717) is 17.5 Å². The number of rotatable bonds is 5. The maximum Gasteiger partial charge on any atom is 0.243 e. The van der Waals surface area contributed by atoms with Gasteiger partial charge < -0.3 is 10.1 Å². The van der Waals surface area contributed by atoms with Gasteiger partial charge in [0.2, 0.25) is 10.0 Å². The molecule has 2 aromatic heterocycles. The first-order valence-corrected chi connectivity index (χ1v) is 8.29. The highest BCUT2D eigenvalue weighted by Gasteiger charge is 2.30. The lowest BCUT2D eigenvalue weighted by atomic mass is 9.86. The summed E-state index contributed by atoms with van der Waals surface area (Å²) in [6.07, 6.45) is 3.41. The maximum atomic E-state index is 12.6. The molecule has 0 bridgehead atoms. The third kappa shape index (κ3) is 3.42. The molecular weight excluding hydrogens is 290 g/mol. The fraction of sp³-hybridized carbons (Fsp3) is 0.500. The Kier molecular flexibility index (Phi) is 4.36. The number of aliphatic hydroxyl groups is 1. The molecule has 0 radical (unpaired) electrons. The SMILES string of the molecule is CC(C)(C)C(CCO)NS(=O)(=O)c1c[nH]c2ncccc12. The predicted octanol–water partition coefficient (Wildman–Crippen LogP) is 1.64. The van der Waals surface area contributed by atoms with Crippen LogP contribution in [0.2, 0.25) is 0 Å². The normalized spacial score (nSPS) is 14.5. The molecule has 0 amide bonds. The Bertz CT molecular complexity index is 716. The van der Waals surface area contributed by atoms with Gasteiger partial charge in [0, 0.05) is 30.4 Å². The predicted molar refractivity (Wildman–Crippen MR) is 81.4 cm³/mol. The lowest BCUT2D eigenvalue weighted by Crippen LogP contribution is -2.44. The van der Waals surface area contributed by atoms with Crippen LogP contribution in [-0.4, -0.2) is 36.1 Å². The van der Waals surface area contributed by atoms with Crippen molar-refractivity contribution in [3.05, 3.63) is 24.5 Å². The smallest absolute Gasteiger partial charge is 0.243 e. The largest absolute Gasteiger partial charge is 0.396 e. The second-order valence-electron chi connectivity index (χ2n) is 6.10. The summed E-state index contributed by atoms with van der Waals surface area (Å²) in [6.45, 7) is 5.74. The van der Waals surface area contributed by atoms with Crippen molar-refractivity contribution in [3.63, 3.8) is 0 Å². The van der Waals surface area contributed by atoms with Gasteiger partial charge in [-0.05, 0) is 24.0 Å². The molecular formula is C14H21N3O3S. The van der Waals surface area contributed by atoms with E-state index in [4.69, 9.17) is 5.11 Å². The van der Waals surface area contributed by atoms with Crippen LogP contribution in [0, 0.1) is 5.41 Å². The maximum absolute atomic E-state index is 12.6. The van der Waals surface area contributed by atoms with Crippen LogP contribution >= 0.6 is 0 Å². The lowest BCUT2D eigenvalue weighted by Gasteiger charge is -2.30. The first-order chi connectivity index (χ1) is 9.75. The third-order valence-electron chi connectivity index (χ3n) is 3.46. The number of aromatic nitrogens is 2. The van der Waals surface area contributed by atoms with Gasteiger partial charge in [-0.2, -0.15) is 0 Å². The van der Waals surface area contributed by atoms with Crippen LogP contribution in [0.3, 0.4) is 0 Å². The quantitative estimate of drug-likeness (QED) is 0.782. The van der Waals surface area contributed by atoms with Crippen LogP contribution in [0.1, 0.15) is 27.2 Å². The summed E-state index contributed by atoms with van der Waals surface area (Å²) in [4.78, 5) is 7.13. The van der Waals surface area contributed by atoms with Gasteiger partial charge in [-0.25, -0.2) is 18.1 Å². The zero-order valence-electron chi connectivity index (χ0n) is 12.4. The number of nitrogens with zero attached hydrogens (tertiary/aromatic N) is 1. The fourth-order valence-electron chi connectivity index (χ4n) is 2.20. The summed E-state index contributed by atoms with van der Waals surface area (Å²) in [5, 5.41) is 9.71. The van der Waals surface area contributed by atoms with Gasteiger partial charge in [0.05, 0.1) is 0 Å². The highest BCUT2D eigenvalue weighted by atomic mass is 32.2. The molecule has 1 atom stereocenters. The molecule has 116 valence electrons. The zero-order valence-corrected chi connectivity index (χ0v) is 13.2. The van der Waals surface area contributed by atoms with Crippen LogP contribution in [0.5, 0.6) is 0 Å². The molecule has 21 heavy (non-hydrogen) atoms. The Balaban J connectivity index is 2.37. The molecule has 0 saturated heterocycles. The van der Waals surface area contributed by atoms with Crippen molar-refractivity contribution in [2.75, 3.05) is 6.61 Å². The molecule has 0 spiro atoms. The first kappa shape index (κ1) is 15.9. The van der Waals surface area contributed by atoms with Crippen molar-refractivity contribution in [1.82, 2.24) is 14.7 Å². The molecule has 0 aliphatic carbocycles. The van der Waals surface area contributed by atoms with Gasteiger partial charge in [-0.15, -0.1) is 0 Å². The van der Waals surface area contributed by atoms with Crippen LogP contribution in [0.15, 0.2) is 29.4 Å². The van der Waals surface area contributed by atoms with Crippen molar-refractivity contribution in [1.29, 1.82) is 0 Å². The topological polar surface area (TPSA) is 95.1 Å². The minimum Gasteiger partial charge on any atom is -0.396 e. The minimum absolute atomic E-state index is 0.0695. The number of pyridine rings is 1. The van der Waals surface area contributed by atoms with E-state index < -0.39 is 10.0 Å². The Morgan fingerprint density at radius 3 is 2.76 bits per heavy atom. The summed E-state index contributed by atoms with van der Waals surface area (Å²) >= 11 is 0. The molecule has 3 N–H and O–H groups in total. The summed E-state index contributed by atoms with van der Waals surface area (Å²) in [5.74, 6) is 0. The number of aromatic amines is 1. The average molecular weight is 311 g/mol. The third-order valence-corrected chi connectivity index (χ3v) is 4.97. The number of hydrogen-bond acceptors (Lipinski definition) is 4. The lowest BCUT2D eigenvalue weighted by molar-refractivity contribution is 0.214. The van der Waals surface area contributed by atoms with Gasteiger partial charge in [0.1, 0.15) is 10.5 Å². The first-order valence-electron chi connectivity index (χ1n) is 6.81. The summed E-state index contributed by atoms with van der Waals surface area (Å²) in [7, 11) is -3.68. The number of sulfonamides is 1. The molecule has 0 aromatic carbocycles. The van der Waals surface area contributed by atoms with Crippen LogP contribution < -0.4 is 4.72 Å². The molecule has 1 unspecified atom stereocenters. The number of hydrogen-bond donors (Lipinski definition) is 3. The molecule has 0 saturated carbocycles. The monoisotopic (exact) mass is 311 g/mol. The number of aliphatic hydroxyl groups excluding tert-OH is 1. The van der Waals surface area contributed by atoms with E-state index in [1.165, 1.54) is 6.20 Å². The van der Waals surface area contributed by atoms with Crippen LogP contribution in [0.25, 0.3) is 11.0 Å². The van der Waals surface area contributed by atoms with Crippen LogP contribution in [-0.2, 0) is 10.0 Å². The van der Waals surface area contributed by atoms with Crippen LogP contribution in [0.4, 0.5) is 0 Å². The van der Waals surface area contributed by atoms with E-state index in [2.05, 4.69) is 14.7 Å². The van der Waals surface area contributed by atoms with Gasteiger partial charge in [-0.1, -0.05) is 20.8 Å². The molecule has 2 rings (SSSR count). The van der Waals surface area contributed by atoms with Crippen molar-refractivity contribution >= 4 is 21.1 Å². The highest BCUT2D eigenvalue weighted by molar-refractivity contribution is 7.89. The molecule has 0 fully saturated rings. The van der Waals surface area contributed by atoms with E-state index in [0.717, 1.165) is 0 Å². The molecule has 2 heterocycles. The Labute approximate surface area is 124 Å². The van der Waals surface area contributed by atoms with Crippen molar-refractivity contribution in [2.45, 2.75) is 38.1 Å². The van der Waals surface area contributed by atoms with Gasteiger partial charge in [0.25, 0.3) is 0 Å². The van der Waals surface area contributed by atoms with E-state index in [9.17, 15) is 8.42 Å². The number of H-pyrrole nitrogens is 1. The van der Waals surface area contributed by atoms with Crippen molar-refractivity contribution in [3.8, 4) is 0 Å². The Morgan fingerprint density at radius 2 is 2.14 bits per heavy atom. The Hall–Kier alpha value is -1.44. The Morgan fingerprint density at radius 1 is 1.43 bits per heavy atom. The molecule has 0 aliphatic heterocycles. The number of fused-ring (bicyclic) bond motifs is 1. The summed E-state index contributed by atoms with van der Waals surface area (Å²) in [5.41, 5.74) is 0.243. The standard InChI is InChI=1S/C14H21N3O3S/c1-14(2,3)12(6-8-18)17-21(19,20)11-9-16-13-10(11)5-4-7-15-13/h4-5,7,9,12,17-18H,6,8H2,1-3H3,(H,15,16). The highest BCUT2D eigenvalue weighted by Crippen LogP contribution is 2.26. The molecule has 0 aliphatic rings. The molecule has 7 heteroatoms. The minimum atomic E-state index is -3.68. The molecule has 6 nitrogen and oxygen atoms in total. The summed E-state index contributed by atoms with van der Waals surface area (Å²) < 4.78 is 27.9. The van der Waals surface area contributed by atoms with Gasteiger partial charge >= 0.3 is 0 Å². The number of nitrogens with one attached hydrogen (secondary N) is 2. The van der Waals surface area contributed by atoms with Gasteiger partial charge in [0.15, 0.2) is 0 Å². The summed E-state index contributed by atoms with van der Waals surface area (Å²) in [6, 6.07) is 3.06. The zero-order chi connectivity index (χ0) is 15.7. The molecule has 2 aromatic rings.